The van der Waals surface area contributed by atoms with Crippen molar-refractivity contribution in [2.45, 2.75) is 19.5 Å². The molecule has 3 aromatic rings. The van der Waals surface area contributed by atoms with Crippen LogP contribution in [0.1, 0.15) is 12.5 Å². The molecule has 2 heterocycles. The molecule has 0 radical (unpaired) electrons. The molecule has 0 aliphatic rings. The monoisotopic (exact) mass is 409 g/mol. The molecule has 0 saturated heterocycles. The highest BCUT2D eigenvalue weighted by atomic mass is 16.3. The molecule has 10 heteroatoms. The topological polar surface area (TPSA) is 107 Å². The maximum Gasteiger partial charge on any atom is 0.238 e. The third-order valence-electron chi connectivity index (χ3n) is 4.49. The SMILES string of the molecule is Bc1cnn2c(NCc3ccc(NC(=O)CN(C)C)cc3)cc(N[C@H](C)CO)nc12. The second-order valence-electron chi connectivity index (χ2n) is 7.65. The summed E-state index contributed by atoms with van der Waals surface area (Å²) < 4.78 is 1.76. The molecule has 0 bridgehead atoms. The molecule has 9 nitrogen and oxygen atoms in total. The molecule has 30 heavy (non-hydrogen) atoms. The first-order valence-electron chi connectivity index (χ1n) is 9.86. The average molecular weight is 409 g/mol. The Bertz CT molecular complexity index is 1000. The normalized spacial score (nSPS) is 12.2. The average Bonchev–Trinajstić information content (AvgIpc) is 3.07. The van der Waals surface area contributed by atoms with Crippen molar-refractivity contribution in [1.82, 2.24) is 19.5 Å². The Morgan fingerprint density at radius 3 is 2.70 bits per heavy atom. The summed E-state index contributed by atoms with van der Waals surface area (Å²) in [6, 6.07) is 9.49. The lowest BCUT2D eigenvalue weighted by atomic mass is 10.0. The predicted octanol–water partition coefficient (Wildman–Crippen LogP) is -0.107. The summed E-state index contributed by atoms with van der Waals surface area (Å²) in [6.07, 6.45) is 1.78. The van der Waals surface area contributed by atoms with E-state index in [0.717, 1.165) is 28.2 Å². The van der Waals surface area contributed by atoms with Crippen molar-refractivity contribution < 1.29 is 9.90 Å². The number of aliphatic hydroxyl groups is 1. The van der Waals surface area contributed by atoms with Gasteiger partial charge in [-0.2, -0.15) is 9.61 Å². The lowest BCUT2D eigenvalue weighted by Gasteiger charge is -2.15. The summed E-state index contributed by atoms with van der Waals surface area (Å²) in [5.41, 5.74) is 3.56. The van der Waals surface area contributed by atoms with Crippen LogP contribution >= 0.6 is 0 Å². The third-order valence-corrected chi connectivity index (χ3v) is 4.49. The minimum Gasteiger partial charge on any atom is -0.394 e. The first-order chi connectivity index (χ1) is 14.4. The molecule has 0 fully saturated rings. The van der Waals surface area contributed by atoms with Gasteiger partial charge in [-0.05, 0) is 44.2 Å². The molecule has 1 amide bonds. The molecular formula is C20H28BN7O2. The highest BCUT2D eigenvalue weighted by Gasteiger charge is 2.11. The second kappa shape index (κ2) is 9.60. The molecule has 1 aromatic carbocycles. The second-order valence-corrected chi connectivity index (χ2v) is 7.65. The number of fused-ring (bicyclic) bond motifs is 1. The van der Waals surface area contributed by atoms with E-state index >= 15 is 0 Å². The molecule has 4 N–H and O–H groups in total. The smallest absolute Gasteiger partial charge is 0.238 e. The van der Waals surface area contributed by atoms with Crippen LogP contribution in [0.3, 0.4) is 0 Å². The molecule has 0 unspecified atom stereocenters. The molecule has 0 aliphatic carbocycles. The Kier molecular flexibility index (Phi) is 6.91. The molecule has 0 spiro atoms. The number of aromatic nitrogens is 3. The van der Waals surface area contributed by atoms with E-state index in [1.54, 1.807) is 10.7 Å². The fraction of sp³-hybridized carbons (Fsp3) is 0.350. The number of rotatable bonds is 9. The number of anilines is 3. The van der Waals surface area contributed by atoms with E-state index in [9.17, 15) is 9.90 Å². The van der Waals surface area contributed by atoms with Gasteiger partial charge in [-0.15, -0.1) is 0 Å². The zero-order chi connectivity index (χ0) is 21.7. The number of aliphatic hydroxyl groups excluding tert-OH is 1. The number of hydrogen-bond donors (Lipinski definition) is 4. The van der Waals surface area contributed by atoms with Crippen LogP contribution in [0.4, 0.5) is 17.3 Å². The van der Waals surface area contributed by atoms with Crippen molar-refractivity contribution >= 4 is 42.2 Å². The highest BCUT2D eigenvalue weighted by Crippen LogP contribution is 2.17. The van der Waals surface area contributed by atoms with Crippen LogP contribution in [0.2, 0.25) is 0 Å². The molecule has 2 aromatic heterocycles. The number of carbonyl (C=O) groups is 1. The Hall–Kier alpha value is -3.11. The maximum atomic E-state index is 11.9. The molecule has 158 valence electrons. The van der Waals surface area contributed by atoms with Gasteiger partial charge in [0.15, 0.2) is 5.65 Å². The van der Waals surface area contributed by atoms with Crippen LogP contribution in [-0.4, -0.2) is 71.6 Å². The van der Waals surface area contributed by atoms with Gasteiger partial charge in [0.2, 0.25) is 5.91 Å². The zero-order valence-electron chi connectivity index (χ0n) is 17.8. The first kappa shape index (κ1) is 21.6. The zero-order valence-corrected chi connectivity index (χ0v) is 17.8. The summed E-state index contributed by atoms with van der Waals surface area (Å²) in [5.74, 6) is 1.43. The van der Waals surface area contributed by atoms with E-state index in [1.165, 1.54) is 0 Å². The first-order valence-corrected chi connectivity index (χ1v) is 9.86. The van der Waals surface area contributed by atoms with Gasteiger partial charge in [0, 0.05) is 30.5 Å². The van der Waals surface area contributed by atoms with Crippen molar-refractivity contribution in [2.75, 3.05) is 43.2 Å². The number of benzene rings is 1. The number of carbonyl (C=O) groups excluding carboxylic acids is 1. The van der Waals surface area contributed by atoms with E-state index in [-0.39, 0.29) is 18.6 Å². The minimum atomic E-state index is -0.105. The Labute approximate surface area is 176 Å². The largest absolute Gasteiger partial charge is 0.394 e. The summed E-state index contributed by atoms with van der Waals surface area (Å²) in [7, 11) is 5.68. The van der Waals surface area contributed by atoms with Crippen LogP contribution in [0.15, 0.2) is 36.5 Å². The van der Waals surface area contributed by atoms with Crippen LogP contribution in [0.25, 0.3) is 5.65 Å². The number of nitrogens with one attached hydrogen (secondary N) is 3. The quantitative estimate of drug-likeness (QED) is 0.366. The van der Waals surface area contributed by atoms with Crippen LogP contribution in [0, 0.1) is 0 Å². The van der Waals surface area contributed by atoms with Gasteiger partial charge in [-0.25, -0.2) is 4.98 Å². The van der Waals surface area contributed by atoms with Crippen molar-refractivity contribution in [3.05, 3.63) is 42.1 Å². The van der Waals surface area contributed by atoms with Gasteiger partial charge >= 0.3 is 0 Å². The number of nitrogens with zero attached hydrogens (tertiary/aromatic N) is 4. The molecule has 0 saturated carbocycles. The van der Waals surface area contributed by atoms with Gasteiger partial charge in [0.05, 0.1) is 13.2 Å². The Morgan fingerprint density at radius 1 is 1.30 bits per heavy atom. The number of hydrogen-bond acceptors (Lipinski definition) is 7. The fourth-order valence-electron chi connectivity index (χ4n) is 2.96. The van der Waals surface area contributed by atoms with Crippen molar-refractivity contribution in [2.24, 2.45) is 0 Å². The van der Waals surface area contributed by atoms with Gasteiger partial charge in [0.25, 0.3) is 0 Å². The number of likely N-dealkylation sites (N-methyl/N-ethyl adjacent to an activating group) is 1. The summed E-state index contributed by atoms with van der Waals surface area (Å²) in [4.78, 5) is 18.3. The molecule has 3 rings (SSSR count). The minimum absolute atomic E-state index is 0.0191. The highest BCUT2D eigenvalue weighted by molar-refractivity contribution is 6.36. The summed E-state index contributed by atoms with van der Waals surface area (Å²) in [5, 5.41) is 23.2. The summed E-state index contributed by atoms with van der Waals surface area (Å²) >= 11 is 0. The number of amides is 1. The summed E-state index contributed by atoms with van der Waals surface area (Å²) in [6.45, 7) is 2.83. The Morgan fingerprint density at radius 2 is 2.03 bits per heavy atom. The van der Waals surface area contributed by atoms with Gasteiger partial charge in [-0.3, -0.25) is 4.79 Å². The van der Waals surface area contributed by atoms with E-state index in [0.29, 0.717) is 18.9 Å². The van der Waals surface area contributed by atoms with Crippen LogP contribution in [0.5, 0.6) is 0 Å². The van der Waals surface area contributed by atoms with Gasteiger partial charge in [-0.1, -0.05) is 12.1 Å². The predicted molar refractivity (Wildman–Crippen MR) is 122 cm³/mol. The van der Waals surface area contributed by atoms with E-state index < -0.39 is 0 Å². The van der Waals surface area contributed by atoms with Gasteiger partial charge in [0.1, 0.15) is 19.5 Å². The molecule has 0 aliphatic heterocycles. The van der Waals surface area contributed by atoms with E-state index in [4.69, 9.17) is 0 Å². The lowest BCUT2D eigenvalue weighted by Crippen LogP contribution is -2.27. The maximum absolute atomic E-state index is 11.9. The third kappa shape index (κ3) is 5.49. The van der Waals surface area contributed by atoms with Crippen molar-refractivity contribution in [1.29, 1.82) is 0 Å². The fourth-order valence-corrected chi connectivity index (χ4v) is 2.96. The van der Waals surface area contributed by atoms with E-state index in [2.05, 4.69) is 26.0 Å². The van der Waals surface area contributed by atoms with Crippen molar-refractivity contribution in [3.63, 3.8) is 0 Å². The lowest BCUT2D eigenvalue weighted by molar-refractivity contribution is -0.116. The van der Waals surface area contributed by atoms with Crippen molar-refractivity contribution in [3.8, 4) is 0 Å². The Balaban J connectivity index is 1.71. The van der Waals surface area contributed by atoms with Gasteiger partial charge < -0.3 is 26.0 Å². The van der Waals surface area contributed by atoms with Crippen LogP contribution in [-0.2, 0) is 11.3 Å². The molecule has 1 atom stereocenters. The van der Waals surface area contributed by atoms with Crippen LogP contribution < -0.4 is 21.4 Å². The standard InChI is InChI=1S/C20H28BN7O2/c1-13(12-29)24-17-8-18(28-20(26-17)16(21)10-23-28)22-9-14-4-6-15(7-5-14)25-19(30)11-27(2)3/h4-8,10,13,22,29H,9,11-12,21H2,1-3H3,(H,24,26)(H,25,30)/t13-/m1/s1. The molecular weight excluding hydrogens is 381 g/mol. The van der Waals surface area contributed by atoms with E-state index in [1.807, 2.05) is 64.1 Å².